The Hall–Kier alpha value is -1.57. The summed E-state index contributed by atoms with van der Waals surface area (Å²) in [5, 5.41) is 12.7. The predicted octanol–water partition coefficient (Wildman–Crippen LogP) is 4.04. The van der Waals surface area contributed by atoms with Crippen molar-refractivity contribution in [3.8, 4) is 0 Å². The number of H-pyrrole nitrogens is 1. The molecule has 21 heavy (non-hydrogen) atoms. The van der Waals surface area contributed by atoms with Crippen molar-refractivity contribution >= 4 is 56.6 Å². The highest BCUT2D eigenvalue weighted by Crippen LogP contribution is 2.26. The van der Waals surface area contributed by atoms with Gasteiger partial charge in [-0.15, -0.1) is 10.2 Å². The molecule has 0 bridgehead atoms. The largest absolute Gasteiger partial charge is 0.351 e. The second-order valence-corrected chi connectivity index (χ2v) is 7.10. The first kappa shape index (κ1) is 14.4. The van der Waals surface area contributed by atoms with E-state index in [1.54, 1.807) is 23.9 Å². The van der Waals surface area contributed by atoms with E-state index >= 15 is 0 Å². The van der Waals surface area contributed by atoms with Crippen molar-refractivity contribution in [2.45, 2.75) is 11.3 Å². The standard InChI is InChI=1S/C13H11ClN4OS2/c1-2-20-13-18-17-12(21-13)16-11(19)10-6-7-5-8(14)3-4-9(7)15-10/h3-6,15H,2H2,1H3,(H,16,17,19). The summed E-state index contributed by atoms with van der Waals surface area (Å²) in [4.78, 5) is 15.2. The van der Waals surface area contributed by atoms with Gasteiger partial charge in [-0.1, -0.05) is 41.6 Å². The van der Waals surface area contributed by atoms with Gasteiger partial charge in [0.25, 0.3) is 5.91 Å². The van der Waals surface area contributed by atoms with E-state index < -0.39 is 0 Å². The van der Waals surface area contributed by atoms with Crippen LogP contribution in [0.1, 0.15) is 17.4 Å². The van der Waals surface area contributed by atoms with Gasteiger partial charge in [0.1, 0.15) is 5.69 Å². The molecule has 0 saturated carbocycles. The van der Waals surface area contributed by atoms with Crippen LogP contribution in [0.25, 0.3) is 10.9 Å². The van der Waals surface area contributed by atoms with E-state index in [1.165, 1.54) is 11.3 Å². The summed E-state index contributed by atoms with van der Waals surface area (Å²) >= 11 is 8.90. The maximum atomic E-state index is 12.2. The second-order valence-electron chi connectivity index (χ2n) is 4.17. The van der Waals surface area contributed by atoms with E-state index in [0.717, 1.165) is 21.0 Å². The summed E-state index contributed by atoms with van der Waals surface area (Å²) < 4.78 is 0.844. The van der Waals surface area contributed by atoms with Crippen LogP contribution < -0.4 is 5.32 Å². The summed E-state index contributed by atoms with van der Waals surface area (Å²) in [5.41, 5.74) is 1.33. The zero-order valence-corrected chi connectivity index (χ0v) is 13.4. The van der Waals surface area contributed by atoms with E-state index in [1.807, 2.05) is 19.1 Å². The topological polar surface area (TPSA) is 70.7 Å². The van der Waals surface area contributed by atoms with Gasteiger partial charge in [-0.05, 0) is 30.0 Å². The van der Waals surface area contributed by atoms with Crippen LogP contribution in [0.4, 0.5) is 5.13 Å². The fraction of sp³-hybridized carbons (Fsp3) is 0.154. The molecule has 3 aromatic rings. The van der Waals surface area contributed by atoms with Gasteiger partial charge in [0.2, 0.25) is 5.13 Å². The summed E-state index contributed by atoms with van der Waals surface area (Å²) in [5.74, 6) is 0.678. The van der Waals surface area contributed by atoms with Crippen molar-refractivity contribution in [3.63, 3.8) is 0 Å². The van der Waals surface area contributed by atoms with E-state index in [9.17, 15) is 4.79 Å². The molecule has 2 aromatic heterocycles. The molecule has 0 aliphatic carbocycles. The van der Waals surface area contributed by atoms with Crippen LogP contribution in [0.2, 0.25) is 5.02 Å². The number of halogens is 1. The first-order valence-corrected chi connectivity index (χ1v) is 8.39. The zero-order valence-electron chi connectivity index (χ0n) is 11.0. The van der Waals surface area contributed by atoms with Gasteiger partial charge in [0.15, 0.2) is 4.34 Å². The number of carbonyl (C=O) groups excluding carboxylic acids is 1. The molecule has 3 rings (SSSR count). The Bertz CT molecular complexity index is 798. The number of aromatic amines is 1. The SMILES string of the molecule is CCSc1nnc(NC(=O)c2cc3cc(Cl)ccc3[nH]2)s1. The van der Waals surface area contributed by atoms with E-state index in [4.69, 9.17) is 11.6 Å². The normalized spacial score (nSPS) is 11.0. The Labute approximate surface area is 134 Å². The lowest BCUT2D eigenvalue weighted by molar-refractivity contribution is 0.102. The number of anilines is 1. The Morgan fingerprint density at radius 1 is 1.43 bits per heavy atom. The van der Waals surface area contributed by atoms with Gasteiger partial charge in [-0.2, -0.15) is 0 Å². The number of aromatic nitrogens is 3. The van der Waals surface area contributed by atoms with E-state index in [-0.39, 0.29) is 5.91 Å². The second kappa shape index (κ2) is 6.05. The number of hydrogen-bond acceptors (Lipinski definition) is 5. The molecular formula is C13H11ClN4OS2. The minimum absolute atomic E-state index is 0.244. The van der Waals surface area contributed by atoms with Crippen molar-refractivity contribution < 1.29 is 4.79 Å². The van der Waals surface area contributed by atoms with Gasteiger partial charge >= 0.3 is 0 Å². The lowest BCUT2D eigenvalue weighted by Crippen LogP contribution is -2.11. The lowest BCUT2D eigenvalue weighted by Gasteiger charge is -1.96. The van der Waals surface area contributed by atoms with Gasteiger partial charge < -0.3 is 4.98 Å². The molecule has 0 aliphatic rings. The minimum Gasteiger partial charge on any atom is -0.351 e. The first-order chi connectivity index (χ1) is 10.2. The number of hydrogen-bond donors (Lipinski definition) is 2. The number of amides is 1. The number of nitrogens with one attached hydrogen (secondary N) is 2. The van der Waals surface area contributed by atoms with Crippen LogP contribution in [-0.2, 0) is 0 Å². The molecule has 1 amide bonds. The molecule has 8 heteroatoms. The summed E-state index contributed by atoms with van der Waals surface area (Å²) in [7, 11) is 0. The maximum absolute atomic E-state index is 12.2. The number of fused-ring (bicyclic) bond motifs is 1. The smallest absolute Gasteiger partial charge is 0.273 e. The fourth-order valence-electron chi connectivity index (χ4n) is 1.83. The summed E-state index contributed by atoms with van der Waals surface area (Å²) in [6, 6.07) is 7.20. The highest BCUT2D eigenvalue weighted by molar-refractivity contribution is 8.01. The average Bonchev–Trinajstić information content (AvgIpc) is 3.05. The Kier molecular flexibility index (Phi) is 4.14. The Morgan fingerprint density at radius 3 is 3.10 bits per heavy atom. The number of rotatable bonds is 4. The number of benzene rings is 1. The zero-order chi connectivity index (χ0) is 14.8. The molecule has 0 aliphatic heterocycles. The van der Waals surface area contributed by atoms with Gasteiger partial charge in [-0.3, -0.25) is 10.1 Å². The quantitative estimate of drug-likeness (QED) is 0.556. The van der Waals surface area contributed by atoms with Crippen LogP contribution in [0.3, 0.4) is 0 Å². The molecule has 108 valence electrons. The van der Waals surface area contributed by atoms with Crippen LogP contribution in [-0.4, -0.2) is 26.8 Å². The summed E-state index contributed by atoms with van der Waals surface area (Å²) in [6.07, 6.45) is 0. The van der Waals surface area contributed by atoms with Gasteiger partial charge in [0, 0.05) is 15.9 Å². The molecule has 0 atom stereocenters. The number of thioether (sulfide) groups is 1. The van der Waals surface area contributed by atoms with Crippen molar-refractivity contribution in [2.24, 2.45) is 0 Å². The van der Waals surface area contributed by atoms with E-state index in [0.29, 0.717) is 15.8 Å². The molecule has 0 radical (unpaired) electrons. The third kappa shape index (κ3) is 3.20. The molecule has 0 unspecified atom stereocenters. The molecule has 0 spiro atoms. The third-order valence-electron chi connectivity index (χ3n) is 2.72. The highest BCUT2D eigenvalue weighted by atomic mass is 35.5. The van der Waals surface area contributed by atoms with Crippen molar-refractivity contribution in [3.05, 3.63) is 35.0 Å². The molecule has 2 N–H and O–H groups in total. The third-order valence-corrected chi connectivity index (χ3v) is 4.81. The first-order valence-electron chi connectivity index (χ1n) is 6.21. The average molecular weight is 339 g/mol. The highest BCUT2D eigenvalue weighted by Gasteiger charge is 2.13. The monoisotopic (exact) mass is 338 g/mol. The Morgan fingerprint density at radius 2 is 2.29 bits per heavy atom. The molecular weight excluding hydrogens is 328 g/mol. The maximum Gasteiger partial charge on any atom is 0.273 e. The van der Waals surface area contributed by atoms with Crippen LogP contribution in [0.5, 0.6) is 0 Å². The lowest BCUT2D eigenvalue weighted by atomic mass is 10.2. The fourth-order valence-corrected chi connectivity index (χ4v) is 3.66. The van der Waals surface area contributed by atoms with Gasteiger partial charge in [0.05, 0.1) is 0 Å². The molecule has 5 nitrogen and oxygen atoms in total. The molecule has 2 heterocycles. The Balaban J connectivity index is 1.79. The van der Waals surface area contributed by atoms with E-state index in [2.05, 4.69) is 20.5 Å². The predicted molar refractivity (Wildman–Crippen MR) is 87.6 cm³/mol. The van der Waals surface area contributed by atoms with Gasteiger partial charge in [-0.25, -0.2) is 0 Å². The van der Waals surface area contributed by atoms with Crippen LogP contribution in [0.15, 0.2) is 28.6 Å². The summed E-state index contributed by atoms with van der Waals surface area (Å²) in [6.45, 7) is 2.04. The van der Waals surface area contributed by atoms with Crippen LogP contribution >= 0.6 is 34.7 Å². The van der Waals surface area contributed by atoms with Crippen molar-refractivity contribution in [1.82, 2.24) is 15.2 Å². The van der Waals surface area contributed by atoms with Crippen LogP contribution in [0, 0.1) is 0 Å². The molecule has 1 aromatic carbocycles. The van der Waals surface area contributed by atoms with Crippen molar-refractivity contribution in [2.75, 3.05) is 11.1 Å². The number of carbonyl (C=O) groups is 1. The minimum atomic E-state index is -0.244. The molecule has 0 saturated heterocycles. The number of nitrogens with zero attached hydrogens (tertiary/aromatic N) is 2. The van der Waals surface area contributed by atoms with Crippen molar-refractivity contribution in [1.29, 1.82) is 0 Å². The molecule has 0 fully saturated rings.